The highest BCUT2D eigenvalue weighted by atomic mass is 16.5. The van der Waals surface area contributed by atoms with Crippen LogP contribution in [0.4, 0.5) is 5.82 Å². The van der Waals surface area contributed by atoms with Gasteiger partial charge in [-0.15, -0.1) is 0 Å². The van der Waals surface area contributed by atoms with Crippen LogP contribution in [-0.2, 0) is 17.7 Å². The van der Waals surface area contributed by atoms with E-state index in [1.165, 1.54) is 0 Å². The van der Waals surface area contributed by atoms with E-state index in [1.54, 1.807) is 12.1 Å². The summed E-state index contributed by atoms with van der Waals surface area (Å²) in [5.74, 6) is -1.18. The van der Waals surface area contributed by atoms with Crippen molar-refractivity contribution in [2.45, 2.75) is 40.2 Å². The maximum atomic E-state index is 12.4. The number of aromatic amines is 1. The highest BCUT2D eigenvalue weighted by Gasteiger charge is 2.21. The number of anilines is 1. The Bertz CT molecular complexity index is 971. The van der Waals surface area contributed by atoms with E-state index >= 15 is 0 Å². The number of carbonyl (C=O) groups is 2. The van der Waals surface area contributed by atoms with Gasteiger partial charge in [-0.2, -0.15) is 0 Å². The van der Waals surface area contributed by atoms with Gasteiger partial charge in [-0.1, -0.05) is 32.9 Å². The summed E-state index contributed by atoms with van der Waals surface area (Å²) in [7, 11) is 0. The molecule has 0 aliphatic heterocycles. The number of nitrogen functional groups attached to an aromatic ring is 1. The van der Waals surface area contributed by atoms with Gasteiger partial charge in [0.2, 0.25) is 5.78 Å². The number of benzene rings is 1. The van der Waals surface area contributed by atoms with Crippen molar-refractivity contribution in [3.05, 3.63) is 61.8 Å². The number of hydrogen-bond acceptors (Lipinski definition) is 6. The van der Waals surface area contributed by atoms with E-state index in [9.17, 15) is 19.2 Å². The summed E-state index contributed by atoms with van der Waals surface area (Å²) in [4.78, 5) is 50.4. The predicted octanol–water partition coefficient (Wildman–Crippen LogP) is 1.77. The van der Waals surface area contributed by atoms with E-state index < -0.39 is 29.6 Å². The van der Waals surface area contributed by atoms with Crippen LogP contribution in [-0.4, -0.2) is 27.9 Å². The van der Waals surface area contributed by atoms with Gasteiger partial charge in [0.05, 0.1) is 5.56 Å². The maximum Gasteiger partial charge on any atom is 0.338 e. The largest absolute Gasteiger partial charge is 0.454 e. The average Bonchev–Trinajstić information content (AvgIpc) is 2.63. The number of aromatic nitrogens is 2. The van der Waals surface area contributed by atoms with E-state index in [2.05, 4.69) is 18.8 Å². The molecule has 0 fully saturated rings. The third-order valence-electron chi connectivity index (χ3n) is 4.13. The molecule has 28 heavy (non-hydrogen) atoms. The monoisotopic (exact) mass is 387 g/mol. The molecule has 0 saturated carbocycles. The number of nitrogens with two attached hydrogens (primary N) is 1. The van der Waals surface area contributed by atoms with Crippen LogP contribution in [0.25, 0.3) is 0 Å². The van der Waals surface area contributed by atoms with Crippen LogP contribution in [0.3, 0.4) is 0 Å². The first kappa shape index (κ1) is 21.1. The number of ketones is 1. The third kappa shape index (κ3) is 4.97. The molecule has 0 amide bonds. The molecule has 1 aromatic heterocycles. The number of Topliss-reactive ketones (excluding diaryl/α,β-unsaturated/α-hetero) is 1. The molecular weight excluding hydrogens is 362 g/mol. The second kappa shape index (κ2) is 9.16. The Kier molecular flexibility index (Phi) is 6.92. The van der Waals surface area contributed by atoms with Gasteiger partial charge < -0.3 is 10.5 Å². The summed E-state index contributed by atoms with van der Waals surface area (Å²) >= 11 is 0. The molecule has 0 radical (unpaired) electrons. The van der Waals surface area contributed by atoms with Gasteiger partial charge in [-0.25, -0.2) is 9.59 Å². The first-order valence-electron chi connectivity index (χ1n) is 9.16. The molecule has 0 spiro atoms. The molecule has 8 heteroatoms. The van der Waals surface area contributed by atoms with E-state index in [0.29, 0.717) is 17.9 Å². The molecule has 0 saturated heterocycles. The maximum absolute atomic E-state index is 12.4. The second-order valence-electron chi connectivity index (χ2n) is 6.97. The fraction of sp³-hybridized carbons (Fsp3) is 0.400. The molecule has 3 N–H and O–H groups in total. The van der Waals surface area contributed by atoms with Crippen molar-refractivity contribution in [2.75, 3.05) is 12.3 Å². The van der Waals surface area contributed by atoms with Gasteiger partial charge in [0.15, 0.2) is 6.61 Å². The topological polar surface area (TPSA) is 124 Å². The van der Waals surface area contributed by atoms with Crippen LogP contribution in [0, 0.1) is 5.92 Å². The summed E-state index contributed by atoms with van der Waals surface area (Å²) in [6.07, 6.45) is 1.48. The molecule has 0 unspecified atom stereocenters. The van der Waals surface area contributed by atoms with Crippen molar-refractivity contribution in [1.82, 2.24) is 9.55 Å². The number of hydrogen-bond donors (Lipinski definition) is 2. The Labute approximate surface area is 162 Å². The van der Waals surface area contributed by atoms with Crippen molar-refractivity contribution >= 4 is 17.6 Å². The van der Waals surface area contributed by atoms with Crippen molar-refractivity contribution in [3.8, 4) is 0 Å². The van der Waals surface area contributed by atoms with Gasteiger partial charge in [0.25, 0.3) is 5.56 Å². The van der Waals surface area contributed by atoms with E-state index in [1.807, 2.05) is 19.1 Å². The molecular formula is C20H25N3O5. The van der Waals surface area contributed by atoms with Gasteiger partial charge in [0, 0.05) is 6.54 Å². The van der Waals surface area contributed by atoms with Crippen molar-refractivity contribution < 1.29 is 14.3 Å². The number of carbonyl (C=O) groups excluding carboxylic acids is 2. The minimum absolute atomic E-state index is 0.227. The lowest BCUT2D eigenvalue weighted by molar-refractivity contribution is 0.0474. The molecule has 1 aromatic carbocycles. The van der Waals surface area contributed by atoms with E-state index in [0.717, 1.165) is 16.6 Å². The van der Waals surface area contributed by atoms with Gasteiger partial charge in [-0.3, -0.25) is 19.1 Å². The molecule has 150 valence electrons. The van der Waals surface area contributed by atoms with Crippen LogP contribution in [0.15, 0.2) is 33.9 Å². The van der Waals surface area contributed by atoms with Crippen LogP contribution in [0.5, 0.6) is 0 Å². The highest BCUT2D eigenvalue weighted by molar-refractivity contribution is 6.02. The molecule has 0 aliphatic rings. The number of nitrogens with zero attached hydrogens (tertiary/aromatic N) is 1. The number of rotatable bonds is 8. The van der Waals surface area contributed by atoms with Crippen molar-refractivity contribution in [1.29, 1.82) is 0 Å². The zero-order chi connectivity index (χ0) is 20.8. The van der Waals surface area contributed by atoms with Crippen LogP contribution < -0.4 is 17.0 Å². The minimum Gasteiger partial charge on any atom is -0.454 e. The van der Waals surface area contributed by atoms with Crippen molar-refractivity contribution in [2.24, 2.45) is 5.92 Å². The second-order valence-corrected chi connectivity index (χ2v) is 6.97. The standard InChI is InChI=1S/C20H25N3O5/c1-4-9-23-17(21)16(18(25)22-20(23)27)15(24)11-28-19(26)14-7-5-13(6-8-14)10-12(2)3/h5-8,12H,4,9-11,21H2,1-3H3,(H,22,25,27). The van der Waals surface area contributed by atoms with Gasteiger partial charge in [-0.05, 0) is 36.5 Å². The Morgan fingerprint density at radius 3 is 2.39 bits per heavy atom. The molecule has 1 heterocycles. The lowest BCUT2D eigenvalue weighted by atomic mass is 10.0. The molecule has 8 nitrogen and oxygen atoms in total. The molecule has 0 aliphatic carbocycles. The van der Waals surface area contributed by atoms with Crippen LogP contribution >= 0.6 is 0 Å². The number of ether oxygens (including phenoxy) is 1. The summed E-state index contributed by atoms with van der Waals surface area (Å²) < 4.78 is 6.14. The fourth-order valence-corrected chi connectivity index (χ4v) is 2.84. The average molecular weight is 387 g/mol. The summed E-state index contributed by atoms with van der Waals surface area (Å²) in [5.41, 5.74) is 5.27. The number of esters is 1. The molecule has 2 rings (SSSR count). The fourth-order valence-electron chi connectivity index (χ4n) is 2.84. The Morgan fingerprint density at radius 2 is 1.82 bits per heavy atom. The van der Waals surface area contributed by atoms with Crippen molar-refractivity contribution in [3.63, 3.8) is 0 Å². The molecule has 0 bridgehead atoms. The van der Waals surface area contributed by atoms with Gasteiger partial charge >= 0.3 is 11.7 Å². The quantitative estimate of drug-likeness (QED) is 0.525. The zero-order valence-electron chi connectivity index (χ0n) is 16.3. The van der Waals surface area contributed by atoms with Crippen LogP contribution in [0.1, 0.15) is 53.5 Å². The Hall–Kier alpha value is -3.16. The number of nitrogens with one attached hydrogen (secondary N) is 1. The number of H-pyrrole nitrogens is 1. The van der Waals surface area contributed by atoms with E-state index in [4.69, 9.17) is 10.5 Å². The smallest absolute Gasteiger partial charge is 0.338 e. The summed E-state index contributed by atoms with van der Waals surface area (Å²) in [5, 5.41) is 0. The predicted molar refractivity (Wildman–Crippen MR) is 106 cm³/mol. The normalized spacial score (nSPS) is 10.9. The molecule has 0 atom stereocenters. The SMILES string of the molecule is CCCn1c(N)c(C(=O)COC(=O)c2ccc(CC(C)C)cc2)c(=O)[nH]c1=O. The molecule has 2 aromatic rings. The zero-order valence-corrected chi connectivity index (χ0v) is 16.3. The first-order chi connectivity index (χ1) is 13.2. The summed E-state index contributed by atoms with van der Waals surface area (Å²) in [6, 6.07) is 6.93. The third-order valence-corrected chi connectivity index (χ3v) is 4.13. The highest BCUT2D eigenvalue weighted by Crippen LogP contribution is 2.11. The summed E-state index contributed by atoms with van der Waals surface area (Å²) in [6.45, 7) is 5.64. The lowest BCUT2D eigenvalue weighted by Gasteiger charge is -2.11. The Morgan fingerprint density at radius 1 is 1.18 bits per heavy atom. The first-order valence-corrected chi connectivity index (χ1v) is 9.16. The lowest BCUT2D eigenvalue weighted by Crippen LogP contribution is -2.37. The minimum atomic E-state index is -0.894. The van der Waals surface area contributed by atoms with Gasteiger partial charge in [0.1, 0.15) is 11.4 Å². The van der Waals surface area contributed by atoms with Crippen LogP contribution in [0.2, 0.25) is 0 Å². The van der Waals surface area contributed by atoms with E-state index in [-0.39, 0.29) is 17.9 Å². The Balaban J connectivity index is 2.12.